The smallest absolute Gasteiger partial charge is 0.229 e. The Morgan fingerprint density at radius 1 is 1.43 bits per heavy atom. The molecule has 0 aromatic carbocycles. The zero-order valence-electron chi connectivity index (χ0n) is 12.2. The first-order valence-electron chi connectivity index (χ1n) is 7.06. The number of anilines is 1. The maximum absolute atomic E-state index is 12.6. The summed E-state index contributed by atoms with van der Waals surface area (Å²) < 4.78 is 1.77. The number of aryl methyl sites for hydroxylation is 2. The van der Waals surface area contributed by atoms with Gasteiger partial charge in [-0.2, -0.15) is 5.10 Å². The van der Waals surface area contributed by atoms with Crippen molar-refractivity contribution in [2.24, 2.45) is 13.0 Å². The number of hydrogen-bond donors (Lipinski definition) is 2. The van der Waals surface area contributed by atoms with Crippen molar-refractivity contribution in [2.75, 3.05) is 18.4 Å². The van der Waals surface area contributed by atoms with E-state index in [1.807, 2.05) is 32.4 Å². The van der Waals surface area contributed by atoms with E-state index in [-0.39, 0.29) is 17.7 Å². The van der Waals surface area contributed by atoms with E-state index in [1.165, 1.54) is 0 Å². The van der Waals surface area contributed by atoms with E-state index in [0.717, 1.165) is 23.4 Å². The van der Waals surface area contributed by atoms with Crippen molar-refractivity contribution in [1.29, 1.82) is 0 Å². The second-order valence-corrected chi connectivity index (χ2v) is 5.50. The summed E-state index contributed by atoms with van der Waals surface area (Å²) in [6, 6.07) is 1.89. The van der Waals surface area contributed by atoms with Crippen molar-refractivity contribution in [1.82, 2.24) is 20.1 Å². The van der Waals surface area contributed by atoms with Crippen LogP contribution in [0.3, 0.4) is 0 Å². The highest BCUT2D eigenvalue weighted by molar-refractivity contribution is 5.94. The molecule has 0 saturated carbocycles. The molecule has 1 saturated heterocycles. The number of nitrogens with one attached hydrogen (secondary N) is 2. The zero-order chi connectivity index (χ0) is 14.8. The second-order valence-electron chi connectivity index (χ2n) is 5.50. The van der Waals surface area contributed by atoms with Crippen LogP contribution in [0.5, 0.6) is 0 Å². The molecule has 1 fully saturated rings. The van der Waals surface area contributed by atoms with Crippen molar-refractivity contribution in [3.8, 4) is 0 Å². The molecule has 2 N–H and O–H groups in total. The maximum atomic E-state index is 12.6. The summed E-state index contributed by atoms with van der Waals surface area (Å²) in [6.07, 6.45) is 7.23. The van der Waals surface area contributed by atoms with E-state index in [2.05, 4.69) is 20.7 Å². The van der Waals surface area contributed by atoms with Crippen molar-refractivity contribution < 1.29 is 4.79 Å². The minimum atomic E-state index is -0.0891. The van der Waals surface area contributed by atoms with Gasteiger partial charge >= 0.3 is 0 Å². The minimum Gasteiger partial charge on any atom is -0.324 e. The lowest BCUT2D eigenvalue weighted by Crippen LogP contribution is -2.28. The zero-order valence-corrected chi connectivity index (χ0v) is 12.2. The molecule has 0 unspecified atom stereocenters. The van der Waals surface area contributed by atoms with Crippen LogP contribution < -0.4 is 10.6 Å². The Morgan fingerprint density at radius 3 is 3.00 bits per heavy atom. The van der Waals surface area contributed by atoms with Crippen LogP contribution in [-0.4, -0.2) is 33.8 Å². The fraction of sp³-hybridized carbons (Fsp3) is 0.400. The summed E-state index contributed by atoms with van der Waals surface area (Å²) >= 11 is 0. The maximum Gasteiger partial charge on any atom is 0.229 e. The van der Waals surface area contributed by atoms with Crippen LogP contribution in [0.25, 0.3) is 0 Å². The van der Waals surface area contributed by atoms with Gasteiger partial charge in [0.15, 0.2) is 0 Å². The van der Waals surface area contributed by atoms with Gasteiger partial charge in [0.25, 0.3) is 0 Å². The molecule has 0 radical (unpaired) electrons. The molecule has 6 heteroatoms. The van der Waals surface area contributed by atoms with Gasteiger partial charge in [-0.3, -0.25) is 14.5 Å². The van der Waals surface area contributed by atoms with Gasteiger partial charge in [-0.15, -0.1) is 0 Å². The lowest BCUT2D eigenvalue weighted by atomic mass is 9.90. The Morgan fingerprint density at radius 2 is 2.29 bits per heavy atom. The van der Waals surface area contributed by atoms with Gasteiger partial charge in [0.1, 0.15) is 0 Å². The molecule has 1 aliphatic heterocycles. The van der Waals surface area contributed by atoms with E-state index < -0.39 is 0 Å². The Labute approximate surface area is 123 Å². The predicted molar refractivity (Wildman–Crippen MR) is 79.9 cm³/mol. The third kappa shape index (κ3) is 2.80. The summed E-state index contributed by atoms with van der Waals surface area (Å²) in [4.78, 5) is 16.6. The molecule has 3 heterocycles. The summed E-state index contributed by atoms with van der Waals surface area (Å²) in [5, 5.41) is 10.5. The van der Waals surface area contributed by atoms with Crippen LogP contribution in [-0.2, 0) is 11.8 Å². The number of carbonyl (C=O) groups is 1. The second kappa shape index (κ2) is 5.65. The molecular weight excluding hydrogens is 266 g/mol. The summed E-state index contributed by atoms with van der Waals surface area (Å²) in [5.41, 5.74) is 2.90. The number of nitrogens with zero attached hydrogens (tertiary/aromatic N) is 3. The van der Waals surface area contributed by atoms with Crippen LogP contribution in [0, 0.1) is 12.8 Å². The average Bonchev–Trinajstić information content (AvgIpc) is 3.09. The Bertz CT molecular complexity index is 651. The number of rotatable bonds is 3. The van der Waals surface area contributed by atoms with Crippen molar-refractivity contribution in [3.63, 3.8) is 0 Å². The number of hydrogen-bond acceptors (Lipinski definition) is 4. The van der Waals surface area contributed by atoms with E-state index in [9.17, 15) is 4.79 Å². The fourth-order valence-corrected chi connectivity index (χ4v) is 2.76. The first-order chi connectivity index (χ1) is 10.1. The third-order valence-electron chi connectivity index (χ3n) is 4.00. The highest BCUT2D eigenvalue weighted by Crippen LogP contribution is 2.29. The monoisotopic (exact) mass is 285 g/mol. The highest BCUT2D eigenvalue weighted by Gasteiger charge is 2.34. The van der Waals surface area contributed by atoms with Crippen molar-refractivity contribution in [2.45, 2.75) is 12.8 Å². The molecule has 0 aliphatic carbocycles. The molecule has 0 bridgehead atoms. The number of pyridine rings is 1. The lowest BCUT2D eigenvalue weighted by Gasteiger charge is -2.17. The largest absolute Gasteiger partial charge is 0.324 e. The molecular formula is C15H19N5O. The molecule has 110 valence electrons. The van der Waals surface area contributed by atoms with Gasteiger partial charge in [0.2, 0.25) is 5.91 Å². The Balaban J connectivity index is 1.76. The minimum absolute atomic E-state index is 0.0324. The summed E-state index contributed by atoms with van der Waals surface area (Å²) in [7, 11) is 1.89. The first-order valence-corrected chi connectivity index (χ1v) is 7.06. The standard InChI is InChI=1S/C15H19N5O/c1-10-3-4-16-8-14(10)19-15(21)13-7-17-6-12(13)11-5-18-20(2)9-11/h3-5,8-9,12-13,17H,6-7H2,1-2H3,(H,19,21)/t12-,13+/m1/s1. The normalized spacial score (nSPS) is 21.4. The molecule has 0 spiro atoms. The quantitative estimate of drug-likeness (QED) is 0.884. The van der Waals surface area contributed by atoms with Gasteiger partial charge in [0, 0.05) is 38.4 Å². The molecule has 3 rings (SSSR count). The van der Waals surface area contributed by atoms with E-state index in [4.69, 9.17) is 0 Å². The Kier molecular flexibility index (Phi) is 3.70. The third-order valence-corrected chi connectivity index (χ3v) is 4.00. The van der Waals surface area contributed by atoms with E-state index in [0.29, 0.717) is 6.54 Å². The molecule has 1 aliphatic rings. The van der Waals surface area contributed by atoms with Crippen LogP contribution in [0.2, 0.25) is 0 Å². The SMILES string of the molecule is Cc1ccncc1NC(=O)[C@H]1CNC[C@@H]1c1cnn(C)c1. The van der Waals surface area contributed by atoms with E-state index >= 15 is 0 Å². The molecule has 1 amide bonds. The average molecular weight is 285 g/mol. The summed E-state index contributed by atoms with van der Waals surface area (Å²) in [6.45, 7) is 3.45. The van der Waals surface area contributed by atoms with Gasteiger partial charge in [-0.05, 0) is 24.1 Å². The van der Waals surface area contributed by atoms with Gasteiger partial charge in [-0.1, -0.05) is 0 Å². The molecule has 2 aromatic heterocycles. The lowest BCUT2D eigenvalue weighted by molar-refractivity contribution is -0.119. The first kappa shape index (κ1) is 13.8. The Hall–Kier alpha value is -2.21. The molecule has 2 aromatic rings. The topological polar surface area (TPSA) is 71.8 Å². The summed E-state index contributed by atoms with van der Waals surface area (Å²) in [5.74, 6) is 0.106. The van der Waals surface area contributed by atoms with E-state index in [1.54, 1.807) is 17.1 Å². The van der Waals surface area contributed by atoms with Crippen molar-refractivity contribution in [3.05, 3.63) is 42.0 Å². The van der Waals surface area contributed by atoms with Crippen LogP contribution in [0.1, 0.15) is 17.0 Å². The highest BCUT2D eigenvalue weighted by atomic mass is 16.2. The number of carbonyl (C=O) groups excluding carboxylic acids is 1. The molecule has 6 nitrogen and oxygen atoms in total. The fourth-order valence-electron chi connectivity index (χ4n) is 2.76. The predicted octanol–water partition coefficient (Wildman–Crippen LogP) is 1.07. The van der Waals surface area contributed by atoms with Gasteiger partial charge in [-0.25, -0.2) is 0 Å². The van der Waals surface area contributed by atoms with Crippen molar-refractivity contribution >= 4 is 11.6 Å². The number of amides is 1. The van der Waals surface area contributed by atoms with Gasteiger partial charge in [0.05, 0.1) is 24.0 Å². The van der Waals surface area contributed by atoms with Gasteiger partial charge < -0.3 is 10.6 Å². The van der Waals surface area contributed by atoms with Crippen LogP contribution in [0.4, 0.5) is 5.69 Å². The van der Waals surface area contributed by atoms with Crippen LogP contribution in [0.15, 0.2) is 30.9 Å². The molecule has 21 heavy (non-hydrogen) atoms. The molecule has 2 atom stereocenters. The van der Waals surface area contributed by atoms with Crippen LogP contribution >= 0.6 is 0 Å². The number of aromatic nitrogens is 3.